The number of anilines is 1. The quantitative estimate of drug-likeness (QED) is 0.644. The standard InChI is InChI=1S/C26H36N4O2S/c1-26(2,3)21-13-14-22(33-21)30(25(32)20-12-8-16-28-20)23(18-9-7-15-27-17-18)24(31)29-19-10-5-4-6-11-19/h7,9,13-15,17,19-20,23,28H,4-6,8,10-12,16H2,1-3H3,(H,29,31). The van der Waals surface area contributed by atoms with Gasteiger partial charge in [-0.3, -0.25) is 19.5 Å². The van der Waals surface area contributed by atoms with Crippen LogP contribution < -0.4 is 15.5 Å². The third-order valence-corrected chi connectivity index (χ3v) is 8.13. The predicted octanol–water partition coefficient (Wildman–Crippen LogP) is 4.72. The Morgan fingerprint density at radius 1 is 1.12 bits per heavy atom. The molecule has 7 heteroatoms. The molecule has 2 N–H and O–H groups in total. The Morgan fingerprint density at radius 3 is 2.52 bits per heavy atom. The van der Waals surface area contributed by atoms with Gasteiger partial charge in [0.1, 0.15) is 6.04 Å². The summed E-state index contributed by atoms with van der Waals surface area (Å²) in [4.78, 5) is 34.9. The normalized spacial score (nSPS) is 20.4. The molecular weight excluding hydrogens is 432 g/mol. The fraction of sp³-hybridized carbons (Fsp3) is 0.577. The Hall–Kier alpha value is -2.25. The van der Waals surface area contributed by atoms with Crippen LogP contribution in [0, 0.1) is 0 Å². The number of nitrogens with one attached hydrogen (secondary N) is 2. The number of amides is 2. The molecule has 1 aliphatic heterocycles. The Labute approximate surface area is 201 Å². The van der Waals surface area contributed by atoms with Gasteiger partial charge in [0.05, 0.1) is 11.0 Å². The molecule has 178 valence electrons. The van der Waals surface area contributed by atoms with Gasteiger partial charge in [0, 0.05) is 28.9 Å². The van der Waals surface area contributed by atoms with Crippen molar-refractivity contribution < 1.29 is 9.59 Å². The minimum Gasteiger partial charge on any atom is -0.351 e. The van der Waals surface area contributed by atoms with Gasteiger partial charge in [-0.05, 0) is 55.8 Å². The molecule has 2 fully saturated rings. The molecule has 6 nitrogen and oxygen atoms in total. The molecule has 2 aromatic heterocycles. The van der Waals surface area contributed by atoms with Gasteiger partial charge in [-0.15, -0.1) is 11.3 Å². The third kappa shape index (κ3) is 5.64. The smallest absolute Gasteiger partial charge is 0.248 e. The van der Waals surface area contributed by atoms with Gasteiger partial charge in [-0.1, -0.05) is 46.1 Å². The largest absolute Gasteiger partial charge is 0.351 e. The van der Waals surface area contributed by atoms with Crippen molar-refractivity contribution >= 4 is 28.2 Å². The maximum atomic E-state index is 13.9. The second-order valence-corrected chi connectivity index (χ2v) is 11.3. The maximum absolute atomic E-state index is 13.9. The number of nitrogens with zero attached hydrogens (tertiary/aromatic N) is 2. The average Bonchev–Trinajstić information content (AvgIpc) is 3.50. The fourth-order valence-corrected chi connectivity index (χ4v) is 5.87. The number of carbonyl (C=O) groups is 2. The molecule has 2 amide bonds. The SMILES string of the molecule is CC(C)(C)c1ccc(N(C(=O)C2CCCN2)C(C(=O)NC2CCCCC2)c2cccnc2)s1. The molecule has 1 aliphatic carbocycles. The summed E-state index contributed by atoms with van der Waals surface area (Å²) in [5, 5.41) is 7.42. The van der Waals surface area contributed by atoms with Gasteiger partial charge in [-0.25, -0.2) is 0 Å². The topological polar surface area (TPSA) is 74.3 Å². The van der Waals surface area contributed by atoms with Gasteiger partial charge in [-0.2, -0.15) is 0 Å². The van der Waals surface area contributed by atoms with E-state index in [9.17, 15) is 9.59 Å². The molecule has 3 heterocycles. The maximum Gasteiger partial charge on any atom is 0.248 e. The summed E-state index contributed by atoms with van der Waals surface area (Å²) in [6, 6.07) is 6.96. The van der Waals surface area contributed by atoms with Crippen molar-refractivity contribution in [3.63, 3.8) is 0 Å². The van der Waals surface area contributed by atoms with E-state index >= 15 is 0 Å². The van der Waals surface area contributed by atoms with Crippen LogP contribution in [-0.4, -0.2) is 35.4 Å². The van der Waals surface area contributed by atoms with Crippen molar-refractivity contribution in [1.29, 1.82) is 0 Å². The van der Waals surface area contributed by atoms with Gasteiger partial charge in [0.25, 0.3) is 0 Å². The number of carbonyl (C=O) groups excluding carboxylic acids is 2. The number of pyridine rings is 1. The first-order chi connectivity index (χ1) is 15.8. The molecule has 33 heavy (non-hydrogen) atoms. The zero-order chi connectivity index (χ0) is 23.4. The predicted molar refractivity (Wildman–Crippen MR) is 134 cm³/mol. The third-order valence-electron chi connectivity index (χ3n) is 6.62. The zero-order valence-corrected chi connectivity index (χ0v) is 20.8. The summed E-state index contributed by atoms with van der Waals surface area (Å²) < 4.78 is 0. The molecule has 2 aliphatic rings. The van der Waals surface area contributed by atoms with E-state index in [0.29, 0.717) is 0 Å². The molecule has 0 spiro atoms. The molecule has 2 atom stereocenters. The molecular formula is C26H36N4O2S. The van der Waals surface area contributed by atoms with Crippen LogP contribution in [0.3, 0.4) is 0 Å². The average molecular weight is 469 g/mol. The highest BCUT2D eigenvalue weighted by Gasteiger charge is 2.39. The minimum absolute atomic E-state index is 0.0304. The van der Waals surface area contributed by atoms with Crippen molar-refractivity contribution in [2.75, 3.05) is 11.4 Å². The van der Waals surface area contributed by atoms with E-state index in [1.165, 1.54) is 11.3 Å². The van der Waals surface area contributed by atoms with E-state index < -0.39 is 6.04 Å². The van der Waals surface area contributed by atoms with Gasteiger partial charge < -0.3 is 10.6 Å². The minimum atomic E-state index is -0.748. The Kier molecular flexibility index (Phi) is 7.49. The molecule has 2 unspecified atom stereocenters. The van der Waals surface area contributed by atoms with Crippen LogP contribution in [0.5, 0.6) is 0 Å². The highest BCUT2D eigenvalue weighted by atomic mass is 32.1. The van der Waals surface area contributed by atoms with Crippen LogP contribution in [0.1, 0.15) is 82.2 Å². The van der Waals surface area contributed by atoms with Crippen LogP contribution in [-0.2, 0) is 15.0 Å². The Morgan fingerprint density at radius 2 is 1.91 bits per heavy atom. The Bertz CT molecular complexity index is 941. The van der Waals surface area contributed by atoms with Crippen LogP contribution in [0.4, 0.5) is 5.00 Å². The van der Waals surface area contributed by atoms with Crippen LogP contribution >= 0.6 is 11.3 Å². The van der Waals surface area contributed by atoms with E-state index in [2.05, 4.69) is 42.5 Å². The number of hydrogen-bond donors (Lipinski definition) is 2. The number of aromatic nitrogens is 1. The summed E-state index contributed by atoms with van der Waals surface area (Å²) in [6.07, 6.45) is 10.7. The molecule has 0 radical (unpaired) electrons. The van der Waals surface area contributed by atoms with Gasteiger partial charge >= 0.3 is 0 Å². The lowest BCUT2D eigenvalue weighted by Crippen LogP contribution is -2.51. The van der Waals surface area contributed by atoms with Crippen LogP contribution in [0.15, 0.2) is 36.7 Å². The molecule has 0 aromatic carbocycles. The van der Waals surface area contributed by atoms with Crippen molar-refractivity contribution in [2.45, 2.75) is 89.3 Å². The lowest BCUT2D eigenvalue weighted by molar-refractivity contribution is -0.127. The number of hydrogen-bond acceptors (Lipinski definition) is 5. The van der Waals surface area contributed by atoms with Crippen molar-refractivity contribution in [3.05, 3.63) is 47.1 Å². The molecule has 0 bridgehead atoms. The molecule has 4 rings (SSSR count). The lowest BCUT2D eigenvalue weighted by Gasteiger charge is -2.34. The van der Waals surface area contributed by atoms with E-state index in [4.69, 9.17) is 0 Å². The number of thiophene rings is 1. The van der Waals surface area contributed by atoms with Crippen molar-refractivity contribution in [2.24, 2.45) is 0 Å². The fourth-order valence-electron chi connectivity index (χ4n) is 4.77. The van der Waals surface area contributed by atoms with E-state index in [-0.39, 0.29) is 29.3 Å². The summed E-state index contributed by atoms with van der Waals surface area (Å²) in [7, 11) is 0. The highest BCUT2D eigenvalue weighted by Crippen LogP contribution is 2.39. The first-order valence-electron chi connectivity index (χ1n) is 12.2. The number of rotatable bonds is 6. The molecule has 1 saturated heterocycles. The van der Waals surface area contributed by atoms with Crippen LogP contribution in [0.2, 0.25) is 0 Å². The summed E-state index contributed by atoms with van der Waals surface area (Å²) in [6.45, 7) is 7.33. The first kappa shape index (κ1) is 23.9. The summed E-state index contributed by atoms with van der Waals surface area (Å²) >= 11 is 1.60. The zero-order valence-electron chi connectivity index (χ0n) is 20.0. The second kappa shape index (κ2) is 10.3. The van der Waals surface area contributed by atoms with Gasteiger partial charge in [0.2, 0.25) is 11.8 Å². The monoisotopic (exact) mass is 468 g/mol. The summed E-state index contributed by atoms with van der Waals surface area (Å²) in [5.41, 5.74) is 0.708. The van der Waals surface area contributed by atoms with Crippen molar-refractivity contribution in [1.82, 2.24) is 15.6 Å². The van der Waals surface area contributed by atoms with Crippen molar-refractivity contribution in [3.8, 4) is 0 Å². The second-order valence-electron chi connectivity index (χ2n) is 10.3. The Balaban J connectivity index is 1.74. The van der Waals surface area contributed by atoms with E-state index in [1.54, 1.807) is 28.6 Å². The van der Waals surface area contributed by atoms with Crippen LogP contribution in [0.25, 0.3) is 0 Å². The summed E-state index contributed by atoms with van der Waals surface area (Å²) in [5.74, 6) is -0.158. The molecule has 1 saturated carbocycles. The highest BCUT2D eigenvalue weighted by molar-refractivity contribution is 7.16. The van der Waals surface area contributed by atoms with Gasteiger partial charge in [0.15, 0.2) is 0 Å². The molecule has 2 aromatic rings. The van der Waals surface area contributed by atoms with E-state index in [1.807, 2.05) is 18.2 Å². The first-order valence-corrected chi connectivity index (χ1v) is 13.0. The van der Waals surface area contributed by atoms with E-state index in [0.717, 1.165) is 55.6 Å². The lowest BCUT2D eigenvalue weighted by atomic mass is 9.94.